The van der Waals surface area contributed by atoms with Crippen molar-refractivity contribution in [1.29, 1.82) is 0 Å². The van der Waals surface area contributed by atoms with E-state index in [9.17, 15) is 0 Å². The summed E-state index contributed by atoms with van der Waals surface area (Å²) in [5.41, 5.74) is 3.27. The summed E-state index contributed by atoms with van der Waals surface area (Å²) in [6.07, 6.45) is 14.6. The number of benzene rings is 1. The monoisotopic (exact) mass is 252 g/mol. The van der Waals surface area contributed by atoms with E-state index in [1.54, 1.807) is 11.1 Å². The molecule has 0 spiro atoms. The van der Waals surface area contributed by atoms with Gasteiger partial charge in [0.25, 0.3) is 0 Å². The molecule has 4 rings (SSSR count). The van der Waals surface area contributed by atoms with Crippen molar-refractivity contribution in [1.82, 2.24) is 0 Å². The normalized spacial score (nSPS) is 27.2. The molecule has 0 radical (unpaired) electrons. The maximum Gasteiger partial charge on any atom is 0.00930 e. The lowest BCUT2D eigenvalue weighted by Gasteiger charge is -2.36. The SMILES string of the molecule is C1=CC2=c3ccccc3=C3CCCCC3C2C=C1.O. The van der Waals surface area contributed by atoms with Crippen LogP contribution in [0, 0.1) is 11.8 Å². The number of allylic oxidation sites excluding steroid dienone is 4. The van der Waals surface area contributed by atoms with Gasteiger partial charge in [0.1, 0.15) is 0 Å². The molecule has 1 aromatic carbocycles. The highest BCUT2D eigenvalue weighted by Gasteiger charge is 2.31. The smallest absolute Gasteiger partial charge is 0.00930 e. The van der Waals surface area contributed by atoms with Crippen molar-refractivity contribution in [2.75, 3.05) is 0 Å². The molecule has 1 nitrogen and oxygen atoms in total. The van der Waals surface area contributed by atoms with E-state index in [1.807, 2.05) is 0 Å². The zero-order chi connectivity index (χ0) is 11.9. The van der Waals surface area contributed by atoms with Crippen molar-refractivity contribution in [3.63, 3.8) is 0 Å². The fraction of sp³-hybridized carbons (Fsp3) is 0.333. The minimum Gasteiger partial charge on any atom is -0.412 e. The summed E-state index contributed by atoms with van der Waals surface area (Å²) in [6, 6.07) is 9.01. The molecule has 98 valence electrons. The Labute approximate surface area is 114 Å². The molecular formula is C18H20O. The standard InChI is InChI=1S/C18H18.H2O/c1-2-8-14-13(7-1)15-9-3-4-11-17(15)18-12-6-5-10-16(14)18;/h1-4,7-9,11,14,16H,5-6,10,12H2;1H2. The Balaban J connectivity index is 0.00000110. The van der Waals surface area contributed by atoms with Gasteiger partial charge < -0.3 is 5.48 Å². The summed E-state index contributed by atoms with van der Waals surface area (Å²) in [7, 11) is 0. The van der Waals surface area contributed by atoms with Crippen LogP contribution in [0.1, 0.15) is 25.7 Å². The van der Waals surface area contributed by atoms with E-state index in [2.05, 4.69) is 48.6 Å². The van der Waals surface area contributed by atoms with Crippen LogP contribution < -0.4 is 10.4 Å². The van der Waals surface area contributed by atoms with E-state index in [0.717, 1.165) is 5.92 Å². The van der Waals surface area contributed by atoms with Gasteiger partial charge in [0.2, 0.25) is 0 Å². The van der Waals surface area contributed by atoms with Crippen LogP contribution in [0.2, 0.25) is 0 Å². The molecule has 0 saturated heterocycles. The molecular weight excluding hydrogens is 232 g/mol. The number of fused-ring (bicyclic) bond motifs is 4. The highest BCUT2D eigenvalue weighted by Crippen LogP contribution is 2.41. The first kappa shape index (κ1) is 12.4. The number of hydrogen-bond acceptors (Lipinski definition) is 0. The Kier molecular flexibility index (Phi) is 3.16. The van der Waals surface area contributed by atoms with Gasteiger partial charge in [0.05, 0.1) is 0 Å². The molecule has 3 aliphatic rings. The second kappa shape index (κ2) is 4.82. The summed E-state index contributed by atoms with van der Waals surface area (Å²) in [5, 5.41) is 3.02. The fourth-order valence-corrected chi connectivity index (χ4v) is 3.96. The van der Waals surface area contributed by atoms with E-state index < -0.39 is 0 Å². The Morgan fingerprint density at radius 1 is 0.947 bits per heavy atom. The minimum atomic E-state index is 0. The molecule has 1 saturated carbocycles. The van der Waals surface area contributed by atoms with Gasteiger partial charge in [-0.05, 0) is 41.2 Å². The molecule has 2 unspecified atom stereocenters. The molecule has 0 amide bonds. The third-order valence-electron chi connectivity index (χ3n) is 4.74. The van der Waals surface area contributed by atoms with Gasteiger partial charge >= 0.3 is 0 Å². The molecule has 0 aromatic heterocycles. The van der Waals surface area contributed by atoms with Crippen molar-refractivity contribution >= 4 is 11.1 Å². The highest BCUT2D eigenvalue weighted by molar-refractivity contribution is 5.71. The highest BCUT2D eigenvalue weighted by atomic mass is 16.0. The molecule has 2 atom stereocenters. The molecule has 1 aromatic rings. The van der Waals surface area contributed by atoms with E-state index in [0.29, 0.717) is 5.92 Å². The van der Waals surface area contributed by atoms with Gasteiger partial charge in [-0.2, -0.15) is 0 Å². The molecule has 2 N–H and O–H groups in total. The molecule has 19 heavy (non-hydrogen) atoms. The maximum atomic E-state index is 2.42. The first-order chi connectivity index (χ1) is 8.95. The molecule has 1 heteroatoms. The average molecular weight is 252 g/mol. The molecule has 3 aliphatic carbocycles. The topological polar surface area (TPSA) is 31.5 Å². The zero-order valence-electron chi connectivity index (χ0n) is 11.1. The lowest BCUT2D eigenvalue weighted by Crippen LogP contribution is -2.40. The maximum absolute atomic E-state index is 2.42. The van der Waals surface area contributed by atoms with Crippen LogP contribution in [0.4, 0.5) is 0 Å². The van der Waals surface area contributed by atoms with Gasteiger partial charge in [0.15, 0.2) is 0 Å². The van der Waals surface area contributed by atoms with Crippen molar-refractivity contribution in [3.8, 4) is 0 Å². The van der Waals surface area contributed by atoms with Gasteiger partial charge in [0, 0.05) is 5.92 Å². The quantitative estimate of drug-likeness (QED) is 0.677. The second-order valence-corrected chi connectivity index (χ2v) is 5.65. The fourth-order valence-electron chi connectivity index (χ4n) is 3.96. The summed E-state index contributed by atoms with van der Waals surface area (Å²) in [5.74, 6) is 1.41. The van der Waals surface area contributed by atoms with Crippen LogP contribution in [0.3, 0.4) is 0 Å². The summed E-state index contributed by atoms with van der Waals surface area (Å²) in [6.45, 7) is 0. The van der Waals surface area contributed by atoms with Crippen LogP contribution in [-0.4, -0.2) is 5.48 Å². The molecule has 1 fully saturated rings. The van der Waals surface area contributed by atoms with Crippen LogP contribution in [-0.2, 0) is 0 Å². The summed E-state index contributed by atoms with van der Waals surface area (Å²) in [4.78, 5) is 0. The van der Waals surface area contributed by atoms with Crippen LogP contribution in [0.25, 0.3) is 11.1 Å². The first-order valence-corrected chi connectivity index (χ1v) is 7.12. The number of hydrogen-bond donors (Lipinski definition) is 0. The van der Waals surface area contributed by atoms with Gasteiger partial charge in [-0.3, -0.25) is 0 Å². The van der Waals surface area contributed by atoms with Gasteiger partial charge in [-0.15, -0.1) is 0 Å². The van der Waals surface area contributed by atoms with E-state index >= 15 is 0 Å². The largest absolute Gasteiger partial charge is 0.412 e. The van der Waals surface area contributed by atoms with Crippen molar-refractivity contribution in [2.45, 2.75) is 25.7 Å². The summed E-state index contributed by atoms with van der Waals surface area (Å²) < 4.78 is 0. The summed E-state index contributed by atoms with van der Waals surface area (Å²) >= 11 is 0. The van der Waals surface area contributed by atoms with Crippen LogP contribution in [0.15, 0.2) is 48.6 Å². The second-order valence-electron chi connectivity index (χ2n) is 5.65. The van der Waals surface area contributed by atoms with E-state index in [1.165, 1.54) is 36.1 Å². The Bertz CT molecular complexity index is 663. The van der Waals surface area contributed by atoms with E-state index in [-0.39, 0.29) is 5.48 Å². The van der Waals surface area contributed by atoms with Crippen molar-refractivity contribution in [3.05, 3.63) is 59.0 Å². The lowest BCUT2D eigenvalue weighted by molar-refractivity contribution is 0.451. The molecule has 0 aliphatic heterocycles. The lowest BCUT2D eigenvalue weighted by atomic mass is 9.68. The van der Waals surface area contributed by atoms with Crippen LogP contribution in [0.5, 0.6) is 0 Å². The Hall–Kier alpha value is -1.60. The minimum absolute atomic E-state index is 0. The predicted molar refractivity (Wildman–Crippen MR) is 79.8 cm³/mol. The van der Waals surface area contributed by atoms with Gasteiger partial charge in [-0.1, -0.05) is 60.6 Å². The number of rotatable bonds is 0. The first-order valence-electron chi connectivity index (χ1n) is 7.12. The van der Waals surface area contributed by atoms with Gasteiger partial charge in [-0.25, -0.2) is 0 Å². The average Bonchev–Trinajstić information content (AvgIpc) is 2.48. The molecule has 0 heterocycles. The third kappa shape index (κ3) is 1.81. The Morgan fingerprint density at radius 2 is 1.79 bits per heavy atom. The molecule has 0 bridgehead atoms. The zero-order valence-corrected chi connectivity index (χ0v) is 11.1. The van der Waals surface area contributed by atoms with Crippen molar-refractivity contribution in [2.24, 2.45) is 11.8 Å². The predicted octanol–water partition coefficient (Wildman–Crippen LogP) is 2.11. The third-order valence-corrected chi connectivity index (χ3v) is 4.74. The van der Waals surface area contributed by atoms with Crippen LogP contribution >= 0.6 is 0 Å². The van der Waals surface area contributed by atoms with Crippen molar-refractivity contribution < 1.29 is 5.48 Å². The van der Waals surface area contributed by atoms with E-state index in [4.69, 9.17) is 0 Å². The Morgan fingerprint density at radius 3 is 2.68 bits per heavy atom.